The minimum Gasteiger partial charge on any atom is -0.368 e. The third-order valence-electron chi connectivity index (χ3n) is 2.44. The van der Waals surface area contributed by atoms with Crippen LogP contribution in [0, 0.1) is 5.92 Å². The van der Waals surface area contributed by atoms with Crippen LogP contribution in [0.15, 0.2) is 0 Å². The van der Waals surface area contributed by atoms with Crippen molar-refractivity contribution in [2.75, 3.05) is 13.1 Å². The van der Waals surface area contributed by atoms with Crippen LogP contribution >= 0.6 is 12.4 Å². The van der Waals surface area contributed by atoms with E-state index < -0.39 is 17.9 Å². The van der Waals surface area contributed by atoms with Gasteiger partial charge in [0.15, 0.2) is 0 Å². The van der Waals surface area contributed by atoms with Crippen LogP contribution in [-0.2, 0) is 14.4 Å². The van der Waals surface area contributed by atoms with E-state index in [1.165, 1.54) is 0 Å². The number of rotatable bonds is 7. The Morgan fingerprint density at radius 3 is 2.17 bits per heavy atom. The van der Waals surface area contributed by atoms with Gasteiger partial charge in [0.1, 0.15) is 0 Å². The van der Waals surface area contributed by atoms with Crippen molar-refractivity contribution in [1.82, 2.24) is 10.6 Å². The summed E-state index contributed by atoms with van der Waals surface area (Å²) in [7, 11) is 0. The maximum atomic E-state index is 11.5. The standard InChI is InChI=1S/C10H20N4O3.ClH/c1-3-6(2)9(12)10(17)14-5-8(16)13-4-7(11)15;/h6,9H,3-5,12H2,1-2H3,(H2,11,15)(H,13,16)(H,14,17);1H. The van der Waals surface area contributed by atoms with Crippen molar-refractivity contribution in [3.8, 4) is 0 Å². The lowest BCUT2D eigenvalue weighted by Gasteiger charge is -2.17. The van der Waals surface area contributed by atoms with E-state index in [0.717, 1.165) is 6.42 Å². The van der Waals surface area contributed by atoms with Crippen LogP contribution in [-0.4, -0.2) is 36.9 Å². The number of primary amides is 1. The van der Waals surface area contributed by atoms with Gasteiger partial charge in [-0.1, -0.05) is 20.3 Å². The summed E-state index contributed by atoms with van der Waals surface area (Å²) in [4.78, 5) is 33.0. The van der Waals surface area contributed by atoms with Gasteiger partial charge < -0.3 is 22.1 Å². The fraction of sp³-hybridized carbons (Fsp3) is 0.700. The second-order valence-electron chi connectivity index (χ2n) is 3.87. The molecule has 0 aliphatic carbocycles. The number of nitrogens with two attached hydrogens (primary N) is 2. The average Bonchev–Trinajstić information content (AvgIpc) is 2.31. The normalized spacial score (nSPS) is 12.8. The van der Waals surface area contributed by atoms with Crippen molar-refractivity contribution in [3.63, 3.8) is 0 Å². The number of nitrogens with one attached hydrogen (secondary N) is 2. The highest BCUT2D eigenvalue weighted by Crippen LogP contribution is 2.04. The molecule has 0 aliphatic heterocycles. The molecule has 0 heterocycles. The Morgan fingerprint density at radius 2 is 1.72 bits per heavy atom. The SMILES string of the molecule is CCC(C)C(N)C(=O)NCC(=O)NCC(N)=O.Cl. The molecule has 0 aromatic rings. The second kappa shape index (κ2) is 9.67. The van der Waals surface area contributed by atoms with Crippen LogP contribution < -0.4 is 22.1 Å². The van der Waals surface area contributed by atoms with Gasteiger partial charge in [0.05, 0.1) is 19.1 Å². The van der Waals surface area contributed by atoms with Crippen LogP contribution in [0.3, 0.4) is 0 Å². The highest BCUT2D eigenvalue weighted by atomic mass is 35.5. The number of amides is 3. The minimum atomic E-state index is -0.638. The van der Waals surface area contributed by atoms with E-state index in [1.807, 2.05) is 13.8 Å². The molecule has 0 radical (unpaired) electrons. The maximum absolute atomic E-state index is 11.5. The summed E-state index contributed by atoms with van der Waals surface area (Å²) >= 11 is 0. The number of hydrogen-bond donors (Lipinski definition) is 4. The Hall–Kier alpha value is -1.34. The summed E-state index contributed by atoms with van der Waals surface area (Å²) in [6.45, 7) is 3.33. The topological polar surface area (TPSA) is 127 Å². The van der Waals surface area contributed by atoms with Gasteiger partial charge in [-0.15, -0.1) is 12.4 Å². The largest absolute Gasteiger partial charge is 0.368 e. The van der Waals surface area contributed by atoms with E-state index in [4.69, 9.17) is 11.5 Å². The highest BCUT2D eigenvalue weighted by Gasteiger charge is 2.19. The smallest absolute Gasteiger partial charge is 0.239 e. The first kappa shape index (κ1) is 19.0. The van der Waals surface area contributed by atoms with Gasteiger partial charge in [-0.05, 0) is 5.92 Å². The lowest BCUT2D eigenvalue weighted by molar-refractivity contribution is -0.128. The monoisotopic (exact) mass is 280 g/mol. The summed E-state index contributed by atoms with van der Waals surface area (Å²) in [5.74, 6) is -1.45. The Labute approximate surface area is 112 Å². The van der Waals surface area contributed by atoms with Crippen molar-refractivity contribution in [3.05, 3.63) is 0 Å². The number of halogens is 1. The lowest BCUT2D eigenvalue weighted by Crippen LogP contribution is -2.48. The molecule has 0 aliphatic rings. The first-order valence-electron chi connectivity index (χ1n) is 5.46. The Balaban J connectivity index is 0. The van der Waals surface area contributed by atoms with Crippen molar-refractivity contribution < 1.29 is 14.4 Å². The maximum Gasteiger partial charge on any atom is 0.239 e. The summed E-state index contributed by atoms with van der Waals surface area (Å²) < 4.78 is 0. The summed E-state index contributed by atoms with van der Waals surface area (Å²) in [6.07, 6.45) is 0.780. The van der Waals surface area contributed by atoms with Crippen LogP contribution in [0.1, 0.15) is 20.3 Å². The Morgan fingerprint density at radius 1 is 1.17 bits per heavy atom. The first-order valence-corrected chi connectivity index (χ1v) is 5.46. The van der Waals surface area contributed by atoms with Crippen LogP contribution in [0.5, 0.6) is 0 Å². The second-order valence-corrected chi connectivity index (χ2v) is 3.87. The molecule has 2 atom stereocenters. The van der Waals surface area contributed by atoms with Gasteiger partial charge in [-0.3, -0.25) is 14.4 Å². The molecule has 0 rings (SSSR count). The van der Waals surface area contributed by atoms with Crippen LogP contribution in [0.2, 0.25) is 0 Å². The zero-order valence-electron chi connectivity index (χ0n) is 10.6. The number of hydrogen-bond acceptors (Lipinski definition) is 4. The van der Waals surface area contributed by atoms with E-state index in [-0.39, 0.29) is 37.3 Å². The van der Waals surface area contributed by atoms with Crippen LogP contribution in [0.25, 0.3) is 0 Å². The zero-order chi connectivity index (χ0) is 13.4. The van der Waals surface area contributed by atoms with E-state index in [0.29, 0.717) is 0 Å². The number of carbonyl (C=O) groups excluding carboxylic acids is 3. The third kappa shape index (κ3) is 7.86. The molecule has 0 aromatic heterocycles. The molecule has 18 heavy (non-hydrogen) atoms. The summed E-state index contributed by atoms with van der Waals surface area (Å²) in [6, 6.07) is -0.635. The van der Waals surface area contributed by atoms with Gasteiger partial charge in [-0.2, -0.15) is 0 Å². The van der Waals surface area contributed by atoms with E-state index in [1.54, 1.807) is 0 Å². The zero-order valence-corrected chi connectivity index (χ0v) is 11.4. The van der Waals surface area contributed by atoms with Crippen molar-refractivity contribution in [2.45, 2.75) is 26.3 Å². The molecule has 106 valence electrons. The van der Waals surface area contributed by atoms with Gasteiger partial charge in [-0.25, -0.2) is 0 Å². The highest BCUT2D eigenvalue weighted by molar-refractivity contribution is 5.89. The Kier molecular flexibility index (Phi) is 10.2. The van der Waals surface area contributed by atoms with Crippen molar-refractivity contribution >= 4 is 30.1 Å². The molecular formula is C10H21ClN4O3. The van der Waals surface area contributed by atoms with Crippen molar-refractivity contribution in [2.24, 2.45) is 17.4 Å². The summed E-state index contributed by atoms with van der Waals surface area (Å²) in [5.41, 5.74) is 10.5. The molecule has 0 saturated heterocycles. The van der Waals surface area contributed by atoms with Gasteiger partial charge >= 0.3 is 0 Å². The quantitative estimate of drug-likeness (QED) is 0.452. The predicted octanol–water partition coefficient (Wildman–Crippen LogP) is -1.50. The predicted molar refractivity (Wildman–Crippen MR) is 69.9 cm³/mol. The molecule has 8 heteroatoms. The van der Waals surface area contributed by atoms with E-state index in [2.05, 4.69) is 10.6 Å². The van der Waals surface area contributed by atoms with Crippen LogP contribution in [0.4, 0.5) is 0 Å². The third-order valence-corrected chi connectivity index (χ3v) is 2.44. The van der Waals surface area contributed by atoms with E-state index in [9.17, 15) is 14.4 Å². The Bertz CT molecular complexity index is 299. The van der Waals surface area contributed by atoms with Gasteiger partial charge in [0.25, 0.3) is 0 Å². The number of carbonyl (C=O) groups is 3. The van der Waals surface area contributed by atoms with Crippen molar-refractivity contribution in [1.29, 1.82) is 0 Å². The van der Waals surface area contributed by atoms with E-state index >= 15 is 0 Å². The minimum absolute atomic E-state index is 0. The first-order chi connectivity index (χ1) is 7.88. The molecule has 7 nitrogen and oxygen atoms in total. The molecule has 2 unspecified atom stereocenters. The molecule has 0 saturated carbocycles. The van der Waals surface area contributed by atoms with Gasteiger partial charge in [0, 0.05) is 0 Å². The fourth-order valence-corrected chi connectivity index (χ4v) is 1.05. The lowest BCUT2D eigenvalue weighted by atomic mass is 9.99. The molecule has 0 spiro atoms. The molecule has 0 fully saturated rings. The molecule has 6 N–H and O–H groups in total. The van der Waals surface area contributed by atoms with Gasteiger partial charge in [0.2, 0.25) is 17.7 Å². The average molecular weight is 281 g/mol. The molecule has 0 bridgehead atoms. The fourth-order valence-electron chi connectivity index (χ4n) is 1.05. The molecule has 0 aromatic carbocycles. The molecule has 3 amide bonds. The summed E-state index contributed by atoms with van der Waals surface area (Å²) in [5, 5.41) is 4.64. The molecular weight excluding hydrogens is 260 g/mol.